The molecule has 2 amide bonds. The van der Waals surface area contributed by atoms with Crippen molar-refractivity contribution in [3.8, 4) is 11.4 Å². The van der Waals surface area contributed by atoms with Crippen molar-refractivity contribution in [2.24, 2.45) is 11.5 Å². The predicted octanol–water partition coefficient (Wildman–Crippen LogP) is 3.55. The van der Waals surface area contributed by atoms with E-state index in [9.17, 15) is 22.8 Å². The van der Waals surface area contributed by atoms with E-state index in [0.717, 1.165) is 28.6 Å². The Morgan fingerprint density at radius 1 is 1.03 bits per heavy atom. The number of anilines is 1. The number of alkyl halides is 3. The number of primary amides is 2. The fourth-order valence-corrected chi connectivity index (χ4v) is 3.54. The molecule has 35 heavy (non-hydrogen) atoms. The maximum absolute atomic E-state index is 12.8. The lowest BCUT2D eigenvalue weighted by atomic mass is 10.1. The van der Waals surface area contributed by atoms with Crippen LogP contribution < -0.4 is 16.8 Å². The first-order chi connectivity index (χ1) is 16.5. The van der Waals surface area contributed by atoms with Crippen molar-refractivity contribution in [1.82, 2.24) is 14.5 Å². The average Bonchev–Trinajstić information content (AvgIpc) is 3.20. The number of carbonyl (C=O) groups is 2. The lowest BCUT2D eigenvalue weighted by molar-refractivity contribution is -0.137. The van der Waals surface area contributed by atoms with E-state index < -0.39 is 29.6 Å². The molecular weight excluding hydrogens is 461 g/mol. The van der Waals surface area contributed by atoms with Gasteiger partial charge in [0.15, 0.2) is 5.82 Å². The van der Waals surface area contributed by atoms with Gasteiger partial charge in [-0.15, -0.1) is 0 Å². The summed E-state index contributed by atoms with van der Waals surface area (Å²) in [5.74, 6) is -0.915. The molecule has 0 saturated heterocycles. The monoisotopic (exact) mass is 482 g/mol. The second-order valence-electron chi connectivity index (χ2n) is 8.01. The lowest BCUT2D eigenvalue weighted by Gasteiger charge is -2.13. The molecule has 4 aromatic rings. The molecular formula is C24H21F3N6O2. The molecule has 2 aromatic heterocycles. The summed E-state index contributed by atoms with van der Waals surface area (Å²) < 4.78 is 40.3. The summed E-state index contributed by atoms with van der Waals surface area (Å²) >= 11 is 0. The average molecular weight is 482 g/mol. The molecule has 1 atom stereocenters. The third kappa shape index (κ3) is 5.24. The van der Waals surface area contributed by atoms with Gasteiger partial charge in [-0.25, -0.2) is 9.97 Å². The molecule has 8 nitrogen and oxygen atoms in total. The minimum absolute atomic E-state index is 0.0332. The molecule has 2 aromatic carbocycles. The highest BCUT2D eigenvalue weighted by molar-refractivity contribution is 5.92. The summed E-state index contributed by atoms with van der Waals surface area (Å²) in [7, 11) is 0. The van der Waals surface area contributed by atoms with E-state index in [1.54, 1.807) is 13.0 Å². The van der Waals surface area contributed by atoms with Crippen LogP contribution in [0, 0.1) is 0 Å². The van der Waals surface area contributed by atoms with Gasteiger partial charge in [0.2, 0.25) is 5.91 Å². The maximum atomic E-state index is 12.8. The molecule has 4 rings (SSSR count). The molecule has 1 unspecified atom stereocenters. The minimum Gasteiger partial charge on any atom is -0.368 e. The zero-order valence-electron chi connectivity index (χ0n) is 18.5. The van der Waals surface area contributed by atoms with Crippen LogP contribution in [-0.4, -0.2) is 32.4 Å². The summed E-state index contributed by atoms with van der Waals surface area (Å²) in [5.41, 5.74) is 12.1. The van der Waals surface area contributed by atoms with E-state index >= 15 is 0 Å². The first-order valence-corrected chi connectivity index (χ1v) is 10.5. The van der Waals surface area contributed by atoms with Gasteiger partial charge in [-0.05, 0) is 48.9 Å². The van der Waals surface area contributed by atoms with Crippen LogP contribution in [0.5, 0.6) is 0 Å². The van der Waals surface area contributed by atoms with E-state index in [-0.39, 0.29) is 17.3 Å². The van der Waals surface area contributed by atoms with Gasteiger partial charge >= 0.3 is 6.18 Å². The molecule has 11 heteroatoms. The van der Waals surface area contributed by atoms with Crippen molar-refractivity contribution in [3.05, 3.63) is 77.6 Å². The minimum atomic E-state index is -4.38. The number of fused-ring (bicyclic) bond motifs is 1. The van der Waals surface area contributed by atoms with Gasteiger partial charge in [0, 0.05) is 35.3 Å². The Bertz CT molecular complexity index is 1410. The molecule has 0 saturated carbocycles. The van der Waals surface area contributed by atoms with E-state index in [0.29, 0.717) is 12.1 Å². The van der Waals surface area contributed by atoms with Crippen LogP contribution in [0.4, 0.5) is 19.0 Å². The molecule has 0 aliphatic heterocycles. The number of rotatable bonds is 7. The third-order valence-corrected chi connectivity index (χ3v) is 5.43. The summed E-state index contributed by atoms with van der Waals surface area (Å²) in [6, 6.07) is 12.9. The fraction of sp³-hybridized carbons (Fsp3) is 0.167. The predicted molar refractivity (Wildman–Crippen MR) is 124 cm³/mol. The standard InChI is InChI=1S/C24H21F3N6O2/c1-13(21(28)34)30-20-11-18(22(29)35)31-23(32-20)16-4-7-19-15(10-16)8-9-33(19)12-14-2-5-17(6-3-14)24(25,26)27/h2-11,13H,12H2,1H3,(H2,28,34)(H2,29,35)(H,30,31,32). The Morgan fingerprint density at radius 2 is 1.74 bits per heavy atom. The number of nitrogens with two attached hydrogens (primary N) is 2. The largest absolute Gasteiger partial charge is 0.416 e. The first kappa shape index (κ1) is 23.7. The van der Waals surface area contributed by atoms with Crippen molar-refractivity contribution in [3.63, 3.8) is 0 Å². The normalized spacial score (nSPS) is 12.5. The van der Waals surface area contributed by atoms with E-state index in [2.05, 4.69) is 15.3 Å². The lowest BCUT2D eigenvalue weighted by Crippen LogP contribution is -2.33. The van der Waals surface area contributed by atoms with Crippen LogP contribution in [0.3, 0.4) is 0 Å². The smallest absolute Gasteiger partial charge is 0.368 e. The Balaban J connectivity index is 1.64. The summed E-state index contributed by atoms with van der Waals surface area (Å²) in [4.78, 5) is 31.8. The van der Waals surface area contributed by atoms with Gasteiger partial charge in [0.25, 0.3) is 5.91 Å². The number of nitrogens with zero attached hydrogens (tertiary/aromatic N) is 3. The highest BCUT2D eigenvalue weighted by Gasteiger charge is 2.29. The van der Waals surface area contributed by atoms with E-state index in [1.165, 1.54) is 18.2 Å². The third-order valence-electron chi connectivity index (χ3n) is 5.43. The van der Waals surface area contributed by atoms with Crippen LogP contribution in [0.25, 0.3) is 22.3 Å². The number of hydrogen-bond donors (Lipinski definition) is 3. The highest BCUT2D eigenvalue weighted by atomic mass is 19.4. The van der Waals surface area contributed by atoms with Crippen molar-refractivity contribution < 1.29 is 22.8 Å². The number of hydrogen-bond acceptors (Lipinski definition) is 5. The second kappa shape index (κ2) is 9.09. The van der Waals surface area contributed by atoms with Crippen molar-refractivity contribution >= 4 is 28.5 Å². The van der Waals surface area contributed by atoms with Crippen LogP contribution in [0.1, 0.15) is 28.5 Å². The Morgan fingerprint density at radius 3 is 2.37 bits per heavy atom. The molecule has 0 radical (unpaired) electrons. The molecule has 180 valence electrons. The van der Waals surface area contributed by atoms with E-state index in [4.69, 9.17) is 11.5 Å². The van der Waals surface area contributed by atoms with Crippen molar-refractivity contribution in [2.75, 3.05) is 5.32 Å². The quantitative estimate of drug-likeness (QED) is 0.371. The highest BCUT2D eigenvalue weighted by Crippen LogP contribution is 2.30. The Hall–Kier alpha value is -4.41. The van der Waals surface area contributed by atoms with Crippen molar-refractivity contribution in [1.29, 1.82) is 0 Å². The van der Waals surface area contributed by atoms with Crippen LogP contribution in [0.15, 0.2) is 60.8 Å². The zero-order valence-corrected chi connectivity index (χ0v) is 18.5. The number of amides is 2. The number of benzene rings is 2. The summed E-state index contributed by atoms with van der Waals surface area (Å²) in [6.45, 7) is 1.94. The second-order valence-corrected chi connectivity index (χ2v) is 8.01. The molecule has 0 aliphatic carbocycles. The van der Waals surface area contributed by atoms with Gasteiger partial charge in [0.1, 0.15) is 17.6 Å². The Labute approximate surface area is 197 Å². The number of carbonyl (C=O) groups excluding carboxylic acids is 2. The first-order valence-electron chi connectivity index (χ1n) is 10.5. The fourth-order valence-electron chi connectivity index (χ4n) is 3.54. The maximum Gasteiger partial charge on any atom is 0.416 e. The van der Waals surface area contributed by atoms with Crippen LogP contribution in [0.2, 0.25) is 0 Å². The topological polar surface area (TPSA) is 129 Å². The molecule has 2 heterocycles. The number of aromatic nitrogens is 3. The van der Waals surface area contributed by atoms with Crippen LogP contribution in [-0.2, 0) is 17.5 Å². The molecule has 0 spiro atoms. The van der Waals surface area contributed by atoms with Gasteiger partial charge in [-0.3, -0.25) is 9.59 Å². The summed E-state index contributed by atoms with van der Waals surface area (Å²) in [6.07, 6.45) is -2.55. The molecule has 5 N–H and O–H groups in total. The van der Waals surface area contributed by atoms with Gasteiger partial charge in [0.05, 0.1) is 5.56 Å². The van der Waals surface area contributed by atoms with E-state index in [1.807, 2.05) is 29.0 Å². The molecule has 0 bridgehead atoms. The number of halogens is 3. The van der Waals surface area contributed by atoms with Gasteiger partial charge in [-0.1, -0.05) is 12.1 Å². The van der Waals surface area contributed by atoms with Gasteiger partial charge < -0.3 is 21.4 Å². The summed E-state index contributed by atoms with van der Waals surface area (Å²) in [5, 5.41) is 3.66. The Kier molecular flexibility index (Phi) is 6.16. The van der Waals surface area contributed by atoms with Crippen molar-refractivity contribution in [2.45, 2.75) is 25.7 Å². The van der Waals surface area contributed by atoms with Crippen LogP contribution >= 0.6 is 0 Å². The number of nitrogens with one attached hydrogen (secondary N) is 1. The van der Waals surface area contributed by atoms with Gasteiger partial charge in [-0.2, -0.15) is 13.2 Å². The zero-order chi connectivity index (χ0) is 25.3. The SMILES string of the molecule is CC(Nc1cc(C(N)=O)nc(-c2ccc3c(ccn3Cc3ccc(C(F)(F)F)cc3)c2)n1)C(N)=O. The molecule has 0 fully saturated rings. The molecule has 0 aliphatic rings.